The Morgan fingerprint density at radius 2 is 1.85 bits per heavy atom. The second-order valence-electron chi connectivity index (χ2n) is 6.68. The maximum atomic E-state index is 12.8. The predicted molar refractivity (Wildman–Crippen MR) is 124 cm³/mol. The van der Waals surface area contributed by atoms with E-state index >= 15 is 0 Å². The number of fused-ring (bicyclic) bond motifs is 1. The van der Waals surface area contributed by atoms with E-state index in [-0.39, 0.29) is 36.9 Å². The zero-order chi connectivity index (χ0) is 24.4. The molecule has 0 N–H and O–H groups in total. The third-order valence-corrected chi connectivity index (χ3v) is 4.51. The second kappa shape index (κ2) is 12.6. The summed E-state index contributed by atoms with van der Waals surface area (Å²) in [7, 11) is 3.39. The summed E-state index contributed by atoms with van der Waals surface area (Å²) in [5.74, 6) is -0.780. The molecule has 10 heteroatoms. The lowest BCUT2D eigenvalue weighted by Gasteiger charge is -2.21. The highest BCUT2D eigenvalue weighted by Crippen LogP contribution is 2.36. The Balaban J connectivity index is 0.00000187. The van der Waals surface area contributed by atoms with Crippen LogP contribution >= 0.6 is 0 Å². The van der Waals surface area contributed by atoms with Crippen LogP contribution in [0.3, 0.4) is 0 Å². The number of aryl methyl sites for hydroxylation is 1. The fourth-order valence-electron chi connectivity index (χ4n) is 3.16. The lowest BCUT2D eigenvalue weighted by molar-refractivity contribution is 0.0493. The zero-order valence-electron chi connectivity index (χ0n) is 20.1. The highest BCUT2D eigenvalue weighted by atomic mass is 16.6. The van der Waals surface area contributed by atoms with E-state index in [4.69, 9.17) is 18.6 Å². The summed E-state index contributed by atoms with van der Waals surface area (Å²) in [6, 6.07) is 1.81. The highest BCUT2D eigenvalue weighted by Gasteiger charge is 2.31. The number of aromatic nitrogens is 3. The van der Waals surface area contributed by atoms with Crippen molar-refractivity contribution in [2.24, 2.45) is 7.05 Å². The minimum Gasteiger partial charge on any atom is -0.460 e. The molecular formula is C23H32N4O6. The maximum Gasteiger partial charge on any atom is 0.414 e. The van der Waals surface area contributed by atoms with Crippen molar-refractivity contribution in [2.45, 2.75) is 34.1 Å². The topological polar surface area (TPSA) is 109 Å². The largest absolute Gasteiger partial charge is 0.460 e. The van der Waals surface area contributed by atoms with Crippen LogP contribution in [-0.4, -0.2) is 60.3 Å². The standard InChI is InChI=1S/C21H26N4O6.C2H6/c1-5-29-20(26)18-17(25(8-7-9-28-4)21(27)30-6-2)16-10-14(11-22-19(16)31-18)15-12-23-24(3)13-15;1-2/h10-13H,5-9H2,1-4H3;1-2H3. The van der Waals surface area contributed by atoms with E-state index in [1.165, 1.54) is 4.90 Å². The molecule has 3 aromatic rings. The van der Waals surface area contributed by atoms with Crippen LogP contribution in [0.4, 0.5) is 10.5 Å². The van der Waals surface area contributed by atoms with Gasteiger partial charge in [0, 0.05) is 50.8 Å². The quantitative estimate of drug-likeness (QED) is 0.341. The van der Waals surface area contributed by atoms with E-state index in [2.05, 4.69) is 10.1 Å². The fraction of sp³-hybridized carbons (Fsp3) is 0.478. The van der Waals surface area contributed by atoms with Crippen LogP contribution in [0.5, 0.6) is 0 Å². The van der Waals surface area contributed by atoms with E-state index < -0.39 is 12.1 Å². The summed E-state index contributed by atoms with van der Waals surface area (Å²) in [5, 5.41) is 4.68. The van der Waals surface area contributed by atoms with Gasteiger partial charge < -0.3 is 18.6 Å². The van der Waals surface area contributed by atoms with Gasteiger partial charge in [-0.1, -0.05) is 13.8 Å². The molecule has 0 aromatic carbocycles. The molecule has 0 unspecified atom stereocenters. The van der Waals surface area contributed by atoms with Crippen LogP contribution in [0.1, 0.15) is 44.7 Å². The number of pyridine rings is 1. The van der Waals surface area contributed by atoms with Crippen molar-refractivity contribution >= 4 is 28.8 Å². The summed E-state index contributed by atoms with van der Waals surface area (Å²) >= 11 is 0. The Hall–Kier alpha value is -3.40. The molecule has 33 heavy (non-hydrogen) atoms. The van der Waals surface area contributed by atoms with Crippen LogP contribution in [0.2, 0.25) is 0 Å². The van der Waals surface area contributed by atoms with Gasteiger partial charge in [-0.15, -0.1) is 0 Å². The van der Waals surface area contributed by atoms with Gasteiger partial charge in [0.15, 0.2) is 0 Å². The van der Waals surface area contributed by atoms with Gasteiger partial charge in [-0.3, -0.25) is 9.58 Å². The number of methoxy groups -OCH3 is 1. The molecule has 0 radical (unpaired) electrons. The third kappa shape index (κ3) is 6.10. The Kier molecular flexibility index (Phi) is 9.86. The van der Waals surface area contributed by atoms with Crippen molar-refractivity contribution in [1.82, 2.24) is 14.8 Å². The van der Waals surface area contributed by atoms with Gasteiger partial charge in [0.1, 0.15) is 5.69 Å². The second-order valence-corrected chi connectivity index (χ2v) is 6.68. The molecule has 0 fully saturated rings. The molecule has 0 aliphatic heterocycles. The first-order chi connectivity index (χ1) is 16.0. The number of nitrogens with zero attached hydrogens (tertiary/aromatic N) is 4. The molecule has 180 valence electrons. The molecule has 1 amide bonds. The number of carbonyl (C=O) groups excluding carboxylic acids is 2. The SMILES string of the molecule is CC.CCOC(=O)c1oc2ncc(-c3cnn(C)c3)cc2c1N(CCCOC)C(=O)OCC. The Bertz CT molecular complexity index is 1060. The molecule has 0 aliphatic rings. The number of anilines is 1. The predicted octanol–water partition coefficient (Wildman–Crippen LogP) is 4.43. The number of esters is 1. The van der Waals surface area contributed by atoms with Gasteiger partial charge in [0.05, 0.1) is 24.8 Å². The smallest absolute Gasteiger partial charge is 0.414 e. The van der Waals surface area contributed by atoms with Gasteiger partial charge in [-0.2, -0.15) is 5.10 Å². The molecule has 0 spiro atoms. The minimum absolute atomic E-state index is 0.0989. The summed E-state index contributed by atoms with van der Waals surface area (Å²) in [6.07, 6.45) is 5.10. The lowest BCUT2D eigenvalue weighted by atomic mass is 10.1. The number of amides is 1. The zero-order valence-corrected chi connectivity index (χ0v) is 20.1. The van der Waals surface area contributed by atoms with Gasteiger partial charge in [-0.05, 0) is 26.3 Å². The first kappa shape index (κ1) is 25.9. The Morgan fingerprint density at radius 3 is 2.45 bits per heavy atom. The van der Waals surface area contributed by atoms with E-state index in [0.29, 0.717) is 18.4 Å². The number of furan rings is 1. The molecule has 0 saturated heterocycles. The summed E-state index contributed by atoms with van der Waals surface area (Å²) < 4.78 is 22.9. The van der Waals surface area contributed by atoms with E-state index in [0.717, 1.165) is 11.1 Å². The number of hydrogen-bond donors (Lipinski definition) is 0. The van der Waals surface area contributed by atoms with Crippen molar-refractivity contribution < 1.29 is 28.2 Å². The summed E-state index contributed by atoms with van der Waals surface area (Å²) in [6.45, 7) is 8.44. The first-order valence-corrected chi connectivity index (χ1v) is 11.0. The van der Waals surface area contributed by atoms with Crippen LogP contribution < -0.4 is 4.90 Å². The van der Waals surface area contributed by atoms with Crippen molar-refractivity contribution in [3.8, 4) is 11.1 Å². The first-order valence-electron chi connectivity index (χ1n) is 11.0. The molecule has 3 rings (SSSR count). The average Bonchev–Trinajstić information content (AvgIpc) is 3.42. The van der Waals surface area contributed by atoms with E-state index in [9.17, 15) is 9.59 Å². The fourth-order valence-corrected chi connectivity index (χ4v) is 3.16. The lowest BCUT2D eigenvalue weighted by Crippen LogP contribution is -2.34. The number of hydrogen-bond acceptors (Lipinski definition) is 8. The van der Waals surface area contributed by atoms with Crippen LogP contribution in [0.15, 0.2) is 29.1 Å². The number of rotatable bonds is 9. The molecule has 0 aliphatic carbocycles. The van der Waals surface area contributed by atoms with Crippen LogP contribution in [-0.2, 0) is 21.3 Å². The van der Waals surface area contributed by atoms with Crippen molar-refractivity contribution in [2.75, 3.05) is 38.4 Å². The average molecular weight is 461 g/mol. The van der Waals surface area contributed by atoms with Gasteiger partial charge >= 0.3 is 12.1 Å². The molecular weight excluding hydrogens is 428 g/mol. The van der Waals surface area contributed by atoms with Crippen LogP contribution in [0.25, 0.3) is 22.2 Å². The van der Waals surface area contributed by atoms with Crippen molar-refractivity contribution in [3.05, 3.63) is 30.4 Å². The van der Waals surface area contributed by atoms with Crippen LogP contribution in [0, 0.1) is 0 Å². The highest BCUT2D eigenvalue weighted by molar-refractivity contribution is 6.09. The molecule has 3 aromatic heterocycles. The van der Waals surface area contributed by atoms with Crippen molar-refractivity contribution in [1.29, 1.82) is 0 Å². The minimum atomic E-state index is -0.681. The summed E-state index contributed by atoms with van der Waals surface area (Å²) in [5.41, 5.74) is 2.08. The maximum absolute atomic E-state index is 12.8. The molecule has 3 heterocycles. The molecule has 0 saturated carbocycles. The molecule has 10 nitrogen and oxygen atoms in total. The van der Waals surface area contributed by atoms with E-state index in [1.54, 1.807) is 38.0 Å². The summed E-state index contributed by atoms with van der Waals surface area (Å²) in [4.78, 5) is 31.2. The molecule has 0 atom stereocenters. The monoisotopic (exact) mass is 460 g/mol. The Morgan fingerprint density at radius 1 is 1.12 bits per heavy atom. The number of carbonyl (C=O) groups is 2. The normalized spacial score (nSPS) is 10.5. The van der Waals surface area contributed by atoms with Crippen molar-refractivity contribution in [3.63, 3.8) is 0 Å². The van der Waals surface area contributed by atoms with Gasteiger partial charge in [0.2, 0.25) is 11.5 Å². The Labute approximate surface area is 193 Å². The van der Waals surface area contributed by atoms with E-state index in [1.807, 2.05) is 33.2 Å². The number of ether oxygens (including phenoxy) is 3. The van der Waals surface area contributed by atoms with Gasteiger partial charge in [-0.25, -0.2) is 14.6 Å². The van der Waals surface area contributed by atoms with Gasteiger partial charge in [0.25, 0.3) is 0 Å². The third-order valence-electron chi connectivity index (χ3n) is 4.51. The molecule has 0 bridgehead atoms.